The summed E-state index contributed by atoms with van der Waals surface area (Å²) in [7, 11) is 0. The number of H-pyrrole nitrogens is 1. The number of carbonyl (C=O) groups excluding carboxylic acids is 1. The summed E-state index contributed by atoms with van der Waals surface area (Å²) in [4.78, 5) is 32.9. The largest absolute Gasteiger partial charge is 0.355 e. The van der Waals surface area contributed by atoms with Gasteiger partial charge in [0, 0.05) is 24.4 Å². The van der Waals surface area contributed by atoms with E-state index in [-0.39, 0.29) is 17.0 Å². The van der Waals surface area contributed by atoms with E-state index < -0.39 is 17.5 Å². The summed E-state index contributed by atoms with van der Waals surface area (Å²) >= 11 is 1.06. The first-order valence-corrected chi connectivity index (χ1v) is 10.5. The van der Waals surface area contributed by atoms with Gasteiger partial charge in [0.05, 0.1) is 11.4 Å². The molecule has 2 aromatic carbocycles. The number of halogens is 2. The normalized spacial score (nSPS) is 11.1. The number of aromatic amines is 1. The number of benzene rings is 2. The lowest BCUT2D eigenvalue weighted by molar-refractivity contribution is -0.113. The highest BCUT2D eigenvalue weighted by atomic mass is 32.2. The molecule has 158 valence electrons. The third kappa shape index (κ3) is 4.22. The lowest BCUT2D eigenvalue weighted by Crippen LogP contribution is -2.23. The fourth-order valence-corrected chi connectivity index (χ4v) is 4.07. The van der Waals surface area contributed by atoms with E-state index in [1.807, 2.05) is 37.3 Å². The SMILES string of the molecule is CCn1c(SCC(=O)Nc2cc(F)ccc2F)nc2c(-c3ccccc3)c[nH]c2c1=O. The van der Waals surface area contributed by atoms with Crippen LogP contribution in [0.1, 0.15) is 6.92 Å². The van der Waals surface area contributed by atoms with Crippen molar-refractivity contribution in [2.75, 3.05) is 11.1 Å². The second kappa shape index (κ2) is 8.73. The van der Waals surface area contributed by atoms with Crippen LogP contribution in [0.25, 0.3) is 22.2 Å². The van der Waals surface area contributed by atoms with E-state index in [1.54, 1.807) is 6.20 Å². The van der Waals surface area contributed by atoms with Crippen molar-refractivity contribution in [3.05, 3.63) is 76.7 Å². The predicted octanol–water partition coefficient (Wildman–Crippen LogP) is 4.42. The second-order valence-electron chi connectivity index (χ2n) is 6.70. The number of thioether (sulfide) groups is 1. The summed E-state index contributed by atoms with van der Waals surface area (Å²) < 4.78 is 28.5. The maximum absolute atomic E-state index is 13.8. The minimum absolute atomic E-state index is 0.126. The molecule has 31 heavy (non-hydrogen) atoms. The molecule has 0 aliphatic carbocycles. The second-order valence-corrected chi connectivity index (χ2v) is 7.64. The van der Waals surface area contributed by atoms with Gasteiger partial charge in [0.2, 0.25) is 5.91 Å². The van der Waals surface area contributed by atoms with Crippen molar-refractivity contribution in [2.24, 2.45) is 0 Å². The van der Waals surface area contributed by atoms with Crippen LogP contribution in [0, 0.1) is 11.6 Å². The van der Waals surface area contributed by atoms with Crippen LogP contribution in [-0.2, 0) is 11.3 Å². The van der Waals surface area contributed by atoms with E-state index in [1.165, 1.54) is 4.57 Å². The zero-order chi connectivity index (χ0) is 22.0. The first-order valence-electron chi connectivity index (χ1n) is 9.53. The molecule has 4 rings (SSSR count). The van der Waals surface area contributed by atoms with Crippen molar-refractivity contribution in [1.82, 2.24) is 14.5 Å². The van der Waals surface area contributed by atoms with Gasteiger partial charge < -0.3 is 10.3 Å². The summed E-state index contributed by atoms with van der Waals surface area (Å²) in [6.45, 7) is 2.17. The summed E-state index contributed by atoms with van der Waals surface area (Å²) in [5.41, 5.74) is 2.11. The number of aromatic nitrogens is 3. The highest BCUT2D eigenvalue weighted by Crippen LogP contribution is 2.27. The molecule has 2 aromatic heterocycles. The molecule has 0 unspecified atom stereocenters. The Kier molecular flexibility index (Phi) is 5.85. The molecule has 0 radical (unpaired) electrons. The van der Waals surface area contributed by atoms with Crippen LogP contribution >= 0.6 is 11.8 Å². The molecule has 0 fully saturated rings. The average Bonchev–Trinajstić information content (AvgIpc) is 3.20. The van der Waals surface area contributed by atoms with Crippen LogP contribution in [0.3, 0.4) is 0 Å². The standard InChI is InChI=1S/C22H18F2N4O2S/c1-2-28-21(30)20-19(15(11-25-20)13-6-4-3-5-7-13)27-22(28)31-12-18(29)26-17-10-14(23)8-9-16(17)24/h3-11,25H,2,12H2,1H3,(H,26,29). The van der Waals surface area contributed by atoms with Gasteiger partial charge in [0.1, 0.15) is 22.7 Å². The fraction of sp³-hybridized carbons (Fsp3) is 0.136. The van der Waals surface area contributed by atoms with E-state index >= 15 is 0 Å². The maximum Gasteiger partial charge on any atom is 0.278 e. The van der Waals surface area contributed by atoms with Gasteiger partial charge in [-0.1, -0.05) is 42.1 Å². The number of carbonyl (C=O) groups is 1. The highest BCUT2D eigenvalue weighted by molar-refractivity contribution is 7.99. The number of nitrogens with one attached hydrogen (secondary N) is 2. The van der Waals surface area contributed by atoms with Gasteiger partial charge in [-0.3, -0.25) is 14.2 Å². The van der Waals surface area contributed by atoms with E-state index in [9.17, 15) is 18.4 Å². The number of anilines is 1. The molecular weight excluding hydrogens is 422 g/mol. The predicted molar refractivity (Wildman–Crippen MR) is 117 cm³/mol. The molecule has 0 saturated heterocycles. The molecule has 2 heterocycles. The van der Waals surface area contributed by atoms with Gasteiger partial charge in [0.25, 0.3) is 5.56 Å². The number of amides is 1. The number of nitrogens with zero attached hydrogens (tertiary/aromatic N) is 2. The zero-order valence-corrected chi connectivity index (χ0v) is 17.3. The molecule has 0 aliphatic rings. The summed E-state index contributed by atoms with van der Waals surface area (Å²) in [5.74, 6) is -2.05. The molecule has 4 aromatic rings. The van der Waals surface area contributed by atoms with E-state index in [2.05, 4.69) is 15.3 Å². The summed E-state index contributed by atoms with van der Waals surface area (Å²) in [6, 6.07) is 12.4. The Bertz CT molecular complexity index is 1320. The number of hydrogen-bond donors (Lipinski definition) is 2. The Morgan fingerprint density at radius 3 is 2.71 bits per heavy atom. The van der Waals surface area contributed by atoms with E-state index in [0.717, 1.165) is 41.1 Å². The van der Waals surface area contributed by atoms with Gasteiger partial charge >= 0.3 is 0 Å². The van der Waals surface area contributed by atoms with Gasteiger partial charge in [-0.05, 0) is 24.6 Å². The minimum atomic E-state index is -0.732. The van der Waals surface area contributed by atoms with Crippen molar-refractivity contribution < 1.29 is 13.6 Å². The molecule has 0 atom stereocenters. The van der Waals surface area contributed by atoms with Gasteiger partial charge in [-0.15, -0.1) is 0 Å². The lowest BCUT2D eigenvalue weighted by Gasteiger charge is -2.11. The topological polar surface area (TPSA) is 79.8 Å². The molecule has 0 spiro atoms. The Morgan fingerprint density at radius 1 is 1.19 bits per heavy atom. The molecule has 0 saturated carbocycles. The highest BCUT2D eigenvalue weighted by Gasteiger charge is 2.17. The molecule has 0 aliphatic heterocycles. The molecular formula is C22H18F2N4O2S. The molecule has 9 heteroatoms. The quantitative estimate of drug-likeness (QED) is 0.344. The van der Waals surface area contributed by atoms with Crippen LogP contribution in [-0.4, -0.2) is 26.2 Å². The molecule has 2 N–H and O–H groups in total. The molecule has 0 bridgehead atoms. The van der Waals surface area contributed by atoms with Crippen LogP contribution in [0.4, 0.5) is 14.5 Å². The Balaban J connectivity index is 1.63. The Hall–Kier alpha value is -3.46. The smallest absolute Gasteiger partial charge is 0.278 e. The van der Waals surface area contributed by atoms with Gasteiger partial charge in [0.15, 0.2) is 5.16 Å². The van der Waals surface area contributed by atoms with Crippen LogP contribution in [0.5, 0.6) is 0 Å². The van der Waals surface area contributed by atoms with E-state index in [0.29, 0.717) is 22.7 Å². The summed E-state index contributed by atoms with van der Waals surface area (Å²) in [5, 5.41) is 2.71. The fourth-order valence-electron chi connectivity index (χ4n) is 3.21. The van der Waals surface area contributed by atoms with Crippen molar-refractivity contribution in [3.8, 4) is 11.1 Å². The number of hydrogen-bond acceptors (Lipinski definition) is 4. The average molecular weight is 440 g/mol. The monoisotopic (exact) mass is 440 g/mol. The van der Waals surface area contributed by atoms with E-state index in [4.69, 9.17) is 0 Å². The van der Waals surface area contributed by atoms with Crippen molar-refractivity contribution in [2.45, 2.75) is 18.6 Å². The van der Waals surface area contributed by atoms with Crippen molar-refractivity contribution in [3.63, 3.8) is 0 Å². The zero-order valence-electron chi connectivity index (χ0n) is 16.5. The van der Waals surface area contributed by atoms with Gasteiger partial charge in [-0.25, -0.2) is 13.8 Å². The van der Waals surface area contributed by atoms with Crippen molar-refractivity contribution >= 4 is 34.4 Å². The number of rotatable bonds is 6. The number of fused-ring (bicyclic) bond motifs is 1. The molecule has 6 nitrogen and oxygen atoms in total. The third-order valence-electron chi connectivity index (χ3n) is 4.69. The first-order chi connectivity index (χ1) is 15.0. The van der Waals surface area contributed by atoms with Crippen LogP contribution in [0.2, 0.25) is 0 Å². The Labute approximate surface area is 180 Å². The molecule has 1 amide bonds. The first kappa shape index (κ1) is 20.8. The van der Waals surface area contributed by atoms with Crippen molar-refractivity contribution in [1.29, 1.82) is 0 Å². The van der Waals surface area contributed by atoms with Crippen LogP contribution < -0.4 is 10.9 Å². The lowest BCUT2D eigenvalue weighted by atomic mass is 10.1. The summed E-state index contributed by atoms with van der Waals surface area (Å²) in [6.07, 6.45) is 1.74. The maximum atomic E-state index is 13.8. The third-order valence-corrected chi connectivity index (χ3v) is 5.66. The van der Waals surface area contributed by atoms with Gasteiger partial charge in [-0.2, -0.15) is 0 Å². The van der Waals surface area contributed by atoms with Crippen LogP contribution in [0.15, 0.2) is 64.7 Å². The Morgan fingerprint density at radius 2 is 1.97 bits per heavy atom. The minimum Gasteiger partial charge on any atom is -0.355 e.